The van der Waals surface area contributed by atoms with Crippen LogP contribution in [0.5, 0.6) is 0 Å². The van der Waals surface area contributed by atoms with E-state index in [2.05, 4.69) is 16.7 Å². The molecule has 0 bridgehead atoms. The molecule has 8 heteroatoms. The van der Waals surface area contributed by atoms with Gasteiger partial charge in [-0.1, -0.05) is 44.2 Å². The van der Waals surface area contributed by atoms with Crippen molar-refractivity contribution in [2.75, 3.05) is 0 Å². The maximum atomic E-state index is 13.7. The molecule has 3 unspecified atom stereocenters. The fourth-order valence-electron chi connectivity index (χ4n) is 4.77. The number of rotatable bonds is 7. The van der Waals surface area contributed by atoms with Gasteiger partial charge < -0.3 is 5.32 Å². The Morgan fingerprint density at radius 1 is 1.18 bits per heavy atom. The van der Waals surface area contributed by atoms with E-state index in [9.17, 15) is 22.9 Å². The fourth-order valence-corrected chi connectivity index (χ4v) is 6.74. The van der Waals surface area contributed by atoms with Crippen LogP contribution in [0.1, 0.15) is 51.1 Å². The molecule has 2 aliphatic rings. The van der Waals surface area contributed by atoms with Crippen LogP contribution in [0.25, 0.3) is 0 Å². The first-order valence-corrected chi connectivity index (χ1v) is 12.7. The van der Waals surface area contributed by atoms with Gasteiger partial charge in [0.2, 0.25) is 5.91 Å². The lowest BCUT2D eigenvalue weighted by Crippen LogP contribution is -2.57. The minimum atomic E-state index is -3.82. The number of nitrogens with zero attached hydrogens (tertiary/aromatic N) is 1. The van der Waals surface area contributed by atoms with Crippen LogP contribution in [0, 0.1) is 23.1 Å². The number of carbonyl (C=O) groups is 1. The van der Waals surface area contributed by atoms with Crippen molar-refractivity contribution in [3.63, 3.8) is 0 Å². The van der Waals surface area contributed by atoms with Gasteiger partial charge >= 0.3 is 0 Å². The predicted molar refractivity (Wildman–Crippen MR) is 122 cm³/mol. The molecular weight excluding hydrogens is 441 g/mol. The van der Waals surface area contributed by atoms with E-state index in [1.807, 2.05) is 13.8 Å². The number of halogens is 1. The largest absolute Gasteiger partial charge is 0.336 e. The average molecular weight is 470 g/mol. The second-order valence-corrected chi connectivity index (χ2v) is 11.8. The molecule has 2 N–H and O–H groups in total. The van der Waals surface area contributed by atoms with Crippen molar-refractivity contribution in [1.82, 2.24) is 10.6 Å². The van der Waals surface area contributed by atoms with E-state index >= 15 is 0 Å². The summed E-state index contributed by atoms with van der Waals surface area (Å²) in [5.74, 6) is -0.684. The van der Waals surface area contributed by atoms with E-state index in [1.165, 1.54) is 12.1 Å². The summed E-state index contributed by atoms with van der Waals surface area (Å²) in [5.41, 5.74) is -1.45. The first-order valence-electron chi connectivity index (χ1n) is 11.2. The van der Waals surface area contributed by atoms with Crippen molar-refractivity contribution in [2.24, 2.45) is 5.92 Å². The Morgan fingerprint density at radius 2 is 1.82 bits per heavy atom. The standard InChI is InChI=1S/C25H28FN3O3S/c1-17(2)14-25(23(30)29-24(16-27)12-13-24)15-21(33(31,32)20-6-4-3-5-7-20)22(28-25)18-8-10-19(26)11-9-18/h3-11,17,21-22,28H,12-15H2,1-2H3,(H,29,30). The third-order valence-corrected chi connectivity index (χ3v) is 8.73. The zero-order valence-electron chi connectivity index (χ0n) is 18.7. The average Bonchev–Trinajstić information content (AvgIpc) is 3.45. The molecule has 1 heterocycles. The summed E-state index contributed by atoms with van der Waals surface area (Å²) in [6, 6.07) is 15.3. The van der Waals surface area contributed by atoms with Crippen molar-refractivity contribution in [3.05, 3.63) is 66.0 Å². The molecule has 1 saturated carbocycles. The quantitative estimate of drug-likeness (QED) is 0.645. The van der Waals surface area contributed by atoms with Crippen LogP contribution >= 0.6 is 0 Å². The van der Waals surface area contributed by atoms with Gasteiger partial charge in [-0.05, 0) is 61.4 Å². The Bertz CT molecular complexity index is 1170. The third-order valence-electron chi connectivity index (χ3n) is 6.56. The summed E-state index contributed by atoms with van der Waals surface area (Å²) in [4.78, 5) is 13.8. The second-order valence-electron chi connectivity index (χ2n) is 9.60. The van der Waals surface area contributed by atoms with E-state index in [0.29, 0.717) is 24.8 Å². The Labute approximate surface area is 194 Å². The molecular formula is C25H28FN3O3S. The van der Waals surface area contributed by atoms with Crippen molar-refractivity contribution in [3.8, 4) is 6.07 Å². The molecule has 1 aliphatic heterocycles. The van der Waals surface area contributed by atoms with Crippen molar-refractivity contribution in [2.45, 2.75) is 66.8 Å². The number of hydrogen-bond donors (Lipinski definition) is 2. The molecule has 0 radical (unpaired) electrons. The highest BCUT2D eigenvalue weighted by atomic mass is 32.2. The maximum absolute atomic E-state index is 13.7. The molecule has 4 rings (SSSR count). The number of benzene rings is 2. The van der Waals surface area contributed by atoms with Gasteiger partial charge in [-0.15, -0.1) is 0 Å². The van der Waals surface area contributed by atoms with E-state index < -0.39 is 38.0 Å². The zero-order valence-corrected chi connectivity index (χ0v) is 19.5. The molecule has 0 aromatic heterocycles. The number of nitriles is 1. The lowest BCUT2D eigenvalue weighted by atomic mass is 9.86. The summed E-state index contributed by atoms with van der Waals surface area (Å²) >= 11 is 0. The minimum Gasteiger partial charge on any atom is -0.336 e. The third kappa shape index (κ3) is 4.53. The van der Waals surface area contributed by atoms with Gasteiger partial charge in [0, 0.05) is 0 Å². The predicted octanol–water partition coefficient (Wildman–Crippen LogP) is 3.66. The summed E-state index contributed by atoms with van der Waals surface area (Å²) in [7, 11) is -3.82. The van der Waals surface area contributed by atoms with Gasteiger partial charge in [-0.3, -0.25) is 10.1 Å². The van der Waals surface area contributed by atoms with Crippen LogP contribution < -0.4 is 10.6 Å². The van der Waals surface area contributed by atoms with Crippen molar-refractivity contribution in [1.29, 1.82) is 5.26 Å². The van der Waals surface area contributed by atoms with E-state index in [0.717, 1.165) is 0 Å². The molecule has 1 amide bonds. The molecule has 3 atom stereocenters. The minimum absolute atomic E-state index is 0.0534. The van der Waals surface area contributed by atoms with Gasteiger partial charge in [0.15, 0.2) is 9.84 Å². The highest BCUT2D eigenvalue weighted by molar-refractivity contribution is 7.92. The molecule has 33 heavy (non-hydrogen) atoms. The first kappa shape index (κ1) is 23.4. The number of sulfone groups is 1. The molecule has 1 aliphatic carbocycles. The van der Waals surface area contributed by atoms with E-state index in [1.54, 1.807) is 42.5 Å². The highest BCUT2D eigenvalue weighted by Crippen LogP contribution is 2.44. The van der Waals surface area contributed by atoms with Gasteiger partial charge in [-0.25, -0.2) is 12.8 Å². The fraction of sp³-hybridized carbons (Fsp3) is 0.440. The van der Waals surface area contributed by atoms with Crippen LogP contribution in [-0.2, 0) is 14.6 Å². The lowest BCUT2D eigenvalue weighted by Gasteiger charge is -2.32. The van der Waals surface area contributed by atoms with Crippen LogP contribution in [0.3, 0.4) is 0 Å². The molecule has 2 fully saturated rings. The molecule has 6 nitrogen and oxygen atoms in total. The smallest absolute Gasteiger partial charge is 0.241 e. The molecule has 174 valence electrons. The first-order chi connectivity index (χ1) is 15.6. The Balaban J connectivity index is 1.78. The normalized spacial score (nSPS) is 26.0. The van der Waals surface area contributed by atoms with Gasteiger partial charge in [0.1, 0.15) is 11.4 Å². The summed E-state index contributed by atoms with van der Waals surface area (Å²) < 4.78 is 41.1. The van der Waals surface area contributed by atoms with Crippen LogP contribution in [0.4, 0.5) is 4.39 Å². The number of hydrogen-bond acceptors (Lipinski definition) is 5. The Morgan fingerprint density at radius 3 is 2.36 bits per heavy atom. The van der Waals surface area contributed by atoms with Crippen molar-refractivity contribution < 1.29 is 17.6 Å². The van der Waals surface area contributed by atoms with Crippen LogP contribution in [0.15, 0.2) is 59.5 Å². The summed E-state index contributed by atoms with van der Waals surface area (Å²) in [6.07, 6.45) is 1.62. The molecule has 2 aromatic rings. The van der Waals surface area contributed by atoms with Gasteiger partial charge in [-0.2, -0.15) is 5.26 Å². The highest BCUT2D eigenvalue weighted by Gasteiger charge is 2.57. The number of nitrogens with one attached hydrogen (secondary N) is 2. The van der Waals surface area contributed by atoms with E-state index in [-0.39, 0.29) is 23.1 Å². The van der Waals surface area contributed by atoms with Gasteiger partial charge in [0.05, 0.1) is 27.8 Å². The molecule has 1 saturated heterocycles. The monoisotopic (exact) mass is 469 g/mol. The Hall–Kier alpha value is -2.76. The molecule has 2 aromatic carbocycles. The maximum Gasteiger partial charge on any atom is 0.241 e. The second kappa shape index (κ2) is 8.54. The number of amides is 1. The lowest BCUT2D eigenvalue weighted by molar-refractivity contribution is -0.128. The van der Waals surface area contributed by atoms with E-state index in [4.69, 9.17) is 0 Å². The SMILES string of the molecule is CC(C)CC1(C(=O)NC2(C#N)CC2)CC(S(=O)(=O)c2ccccc2)C(c2ccc(F)cc2)N1. The summed E-state index contributed by atoms with van der Waals surface area (Å²) in [5, 5.41) is 14.8. The van der Waals surface area contributed by atoms with Gasteiger partial charge in [0.25, 0.3) is 0 Å². The van der Waals surface area contributed by atoms with Crippen LogP contribution in [-0.4, -0.2) is 30.7 Å². The van der Waals surface area contributed by atoms with Crippen LogP contribution in [0.2, 0.25) is 0 Å². The summed E-state index contributed by atoms with van der Waals surface area (Å²) in [6.45, 7) is 3.94. The topological polar surface area (TPSA) is 99.1 Å². The number of carbonyl (C=O) groups excluding carboxylic acids is 1. The molecule has 0 spiro atoms. The zero-order chi connectivity index (χ0) is 23.9. The Kier molecular flexibility index (Phi) is 6.06. The van der Waals surface area contributed by atoms with Crippen molar-refractivity contribution >= 4 is 15.7 Å².